The van der Waals surface area contributed by atoms with Gasteiger partial charge >= 0.3 is 5.97 Å². The molecule has 190 valence electrons. The van der Waals surface area contributed by atoms with E-state index in [4.69, 9.17) is 4.74 Å². The fourth-order valence-corrected chi connectivity index (χ4v) is 5.03. The summed E-state index contributed by atoms with van der Waals surface area (Å²) < 4.78 is 5.57. The number of carbonyl (C=O) groups is 2. The van der Waals surface area contributed by atoms with E-state index in [9.17, 15) is 9.59 Å². The number of anilines is 1. The van der Waals surface area contributed by atoms with E-state index in [1.165, 1.54) is 5.39 Å². The van der Waals surface area contributed by atoms with Crippen molar-refractivity contribution < 1.29 is 14.3 Å². The van der Waals surface area contributed by atoms with Crippen LogP contribution in [-0.2, 0) is 9.53 Å². The summed E-state index contributed by atoms with van der Waals surface area (Å²) in [6, 6.07) is 20.6. The molecule has 0 spiro atoms. The zero-order valence-corrected chi connectivity index (χ0v) is 22.1. The Bertz CT molecular complexity index is 1230. The third kappa shape index (κ3) is 6.26. The second-order valence-electron chi connectivity index (χ2n) is 11.0. The van der Waals surface area contributed by atoms with Crippen LogP contribution in [0.3, 0.4) is 0 Å². The topological polar surface area (TPSA) is 67.4 Å². The first-order chi connectivity index (χ1) is 17.1. The van der Waals surface area contributed by atoms with Gasteiger partial charge in [0.1, 0.15) is 5.60 Å². The highest BCUT2D eigenvalue weighted by Crippen LogP contribution is 2.30. The lowest BCUT2D eigenvalue weighted by atomic mass is 9.86. The van der Waals surface area contributed by atoms with Crippen LogP contribution in [-0.4, -0.2) is 23.5 Å². The molecule has 1 saturated carbocycles. The van der Waals surface area contributed by atoms with Crippen molar-refractivity contribution in [2.45, 2.75) is 78.0 Å². The number of fused-ring (bicyclic) bond motifs is 1. The van der Waals surface area contributed by atoms with Crippen LogP contribution in [0, 0.1) is 12.8 Å². The Labute approximate surface area is 214 Å². The van der Waals surface area contributed by atoms with E-state index in [1.54, 1.807) is 0 Å². The van der Waals surface area contributed by atoms with Crippen LogP contribution in [0.4, 0.5) is 5.69 Å². The van der Waals surface area contributed by atoms with Gasteiger partial charge in [0.2, 0.25) is 0 Å². The number of aryl methyl sites for hydroxylation is 1. The standard InChI is InChI=1S/C31H38N2O3/c1-20-13-16-25(33-24-17-14-23(15-18-24)30(35)36-31(3,4)5)19-28(20)29(34)32-21(2)26-12-8-10-22-9-6-7-11-27(22)26/h6-13,16,19,21,23-24,33H,14-15,17-18H2,1-5H3,(H,32,34)/t21-,23?,24?/m1/s1. The predicted molar refractivity (Wildman–Crippen MR) is 146 cm³/mol. The smallest absolute Gasteiger partial charge is 0.309 e. The SMILES string of the molecule is Cc1ccc(NC2CCC(C(=O)OC(C)(C)C)CC2)cc1C(=O)N[C@H](C)c1cccc2ccccc12. The normalized spacial score (nSPS) is 18.9. The van der Waals surface area contributed by atoms with Crippen LogP contribution in [0.2, 0.25) is 0 Å². The van der Waals surface area contributed by atoms with Crippen molar-refractivity contribution in [3.05, 3.63) is 77.4 Å². The van der Waals surface area contributed by atoms with Crippen LogP contribution < -0.4 is 10.6 Å². The Morgan fingerprint density at radius 1 is 0.944 bits per heavy atom. The Morgan fingerprint density at radius 3 is 2.36 bits per heavy atom. The first kappa shape index (κ1) is 25.7. The summed E-state index contributed by atoms with van der Waals surface area (Å²) in [5.41, 5.74) is 3.21. The number of ether oxygens (including phenoxy) is 1. The summed E-state index contributed by atoms with van der Waals surface area (Å²) in [4.78, 5) is 25.7. The molecule has 1 atom stereocenters. The van der Waals surface area contributed by atoms with E-state index in [0.29, 0.717) is 5.56 Å². The van der Waals surface area contributed by atoms with Gasteiger partial charge in [-0.15, -0.1) is 0 Å². The van der Waals surface area contributed by atoms with E-state index in [1.807, 2.05) is 71.0 Å². The van der Waals surface area contributed by atoms with Gasteiger partial charge < -0.3 is 15.4 Å². The van der Waals surface area contributed by atoms with Gasteiger partial charge in [-0.1, -0.05) is 48.5 Å². The number of nitrogens with one attached hydrogen (secondary N) is 2. The lowest BCUT2D eigenvalue weighted by Gasteiger charge is -2.30. The van der Waals surface area contributed by atoms with Crippen molar-refractivity contribution >= 4 is 28.3 Å². The Balaban J connectivity index is 1.39. The molecule has 1 aliphatic rings. The van der Waals surface area contributed by atoms with E-state index in [0.717, 1.165) is 47.9 Å². The largest absolute Gasteiger partial charge is 0.460 e. The minimum Gasteiger partial charge on any atom is -0.460 e. The Morgan fingerprint density at radius 2 is 1.64 bits per heavy atom. The number of carbonyl (C=O) groups excluding carboxylic acids is 2. The van der Waals surface area contributed by atoms with Crippen molar-refractivity contribution in [3.8, 4) is 0 Å². The third-order valence-corrected chi connectivity index (χ3v) is 6.96. The van der Waals surface area contributed by atoms with Gasteiger partial charge in [0.15, 0.2) is 0 Å². The van der Waals surface area contributed by atoms with Gasteiger partial charge in [0.25, 0.3) is 5.91 Å². The molecule has 4 rings (SSSR count). The lowest BCUT2D eigenvalue weighted by molar-refractivity contribution is -0.161. The zero-order chi connectivity index (χ0) is 25.9. The minimum absolute atomic E-state index is 0.0304. The lowest BCUT2D eigenvalue weighted by Crippen LogP contribution is -2.34. The molecule has 0 unspecified atom stereocenters. The van der Waals surface area contributed by atoms with Gasteiger partial charge in [-0.25, -0.2) is 0 Å². The molecule has 0 aromatic heterocycles. The molecule has 0 bridgehead atoms. The van der Waals surface area contributed by atoms with E-state index in [2.05, 4.69) is 34.9 Å². The number of esters is 1. The predicted octanol–water partition coefficient (Wildman–Crippen LogP) is 6.95. The molecule has 5 heteroatoms. The summed E-state index contributed by atoms with van der Waals surface area (Å²) in [5, 5.41) is 9.10. The first-order valence-electron chi connectivity index (χ1n) is 13.0. The molecule has 1 aliphatic carbocycles. The molecular weight excluding hydrogens is 448 g/mol. The van der Waals surface area contributed by atoms with Gasteiger partial charge in [-0.2, -0.15) is 0 Å². The fourth-order valence-electron chi connectivity index (χ4n) is 5.03. The van der Waals surface area contributed by atoms with Gasteiger partial charge in [0.05, 0.1) is 12.0 Å². The number of hydrogen-bond acceptors (Lipinski definition) is 4. The molecule has 0 aliphatic heterocycles. The number of amides is 1. The van der Waals surface area contributed by atoms with Crippen LogP contribution in [0.1, 0.15) is 80.9 Å². The fraction of sp³-hybridized carbons (Fsp3) is 0.419. The quantitative estimate of drug-likeness (QED) is 0.370. The second kappa shape index (κ2) is 10.7. The highest BCUT2D eigenvalue weighted by atomic mass is 16.6. The van der Waals surface area contributed by atoms with Crippen LogP contribution in [0.25, 0.3) is 10.8 Å². The molecule has 1 amide bonds. The van der Waals surface area contributed by atoms with Crippen LogP contribution >= 0.6 is 0 Å². The van der Waals surface area contributed by atoms with Gasteiger partial charge in [0, 0.05) is 17.3 Å². The van der Waals surface area contributed by atoms with Crippen molar-refractivity contribution in [3.63, 3.8) is 0 Å². The number of hydrogen-bond donors (Lipinski definition) is 2. The van der Waals surface area contributed by atoms with Gasteiger partial charge in [-0.3, -0.25) is 9.59 Å². The molecule has 0 radical (unpaired) electrons. The second-order valence-corrected chi connectivity index (χ2v) is 11.0. The molecule has 0 saturated heterocycles. The third-order valence-electron chi connectivity index (χ3n) is 6.96. The van der Waals surface area contributed by atoms with Crippen LogP contribution in [0.15, 0.2) is 60.7 Å². The summed E-state index contributed by atoms with van der Waals surface area (Å²) in [6.07, 6.45) is 3.43. The van der Waals surface area contributed by atoms with E-state index < -0.39 is 5.60 Å². The molecule has 36 heavy (non-hydrogen) atoms. The molecule has 3 aromatic rings. The maximum Gasteiger partial charge on any atom is 0.309 e. The average Bonchev–Trinajstić information content (AvgIpc) is 2.84. The Kier molecular flexibility index (Phi) is 7.67. The van der Waals surface area contributed by atoms with Crippen molar-refractivity contribution in [1.82, 2.24) is 5.32 Å². The monoisotopic (exact) mass is 486 g/mol. The highest BCUT2D eigenvalue weighted by molar-refractivity contribution is 5.97. The van der Waals surface area contributed by atoms with E-state index in [-0.39, 0.29) is 29.9 Å². The summed E-state index contributed by atoms with van der Waals surface area (Å²) in [5.74, 6) is -0.196. The van der Waals surface area contributed by atoms with Crippen molar-refractivity contribution in [1.29, 1.82) is 0 Å². The molecule has 5 nitrogen and oxygen atoms in total. The highest BCUT2D eigenvalue weighted by Gasteiger charge is 2.30. The van der Waals surface area contributed by atoms with Crippen molar-refractivity contribution in [2.75, 3.05) is 5.32 Å². The molecule has 2 N–H and O–H groups in total. The minimum atomic E-state index is -0.448. The average molecular weight is 487 g/mol. The zero-order valence-electron chi connectivity index (χ0n) is 22.1. The van der Waals surface area contributed by atoms with Crippen molar-refractivity contribution in [2.24, 2.45) is 5.92 Å². The first-order valence-corrected chi connectivity index (χ1v) is 13.0. The van der Waals surface area contributed by atoms with Crippen LogP contribution in [0.5, 0.6) is 0 Å². The summed E-state index contributed by atoms with van der Waals surface area (Å²) in [7, 11) is 0. The number of benzene rings is 3. The van der Waals surface area contributed by atoms with E-state index >= 15 is 0 Å². The number of rotatable bonds is 6. The molecule has 1 fully saturated rings. The summed E-state index contributed by atoms with van der Waals surface area (Å²) in [6.45, 7) is 9.72. The summed E-state index contributed by atoms with van der Waals surface area (Å²) >= 11 is 0. The molecule has 3 aromatic carbocycles. The molecule has 0 heterocycles. The maximum atomic E-state index is 13.3. The van der Waals surface area contributed by atoms with Gasteiger partial charge in [-0.05, 0) is 94.3 Å². The maximum absolute atomic E-state index is 13.3. The molecular formula is C31H38N2O3. The Hall–Kier alpha value is -3.34.